The van der Waals surface area contributed by atoms with E-state index in [1.807, 2.05) is 6.92 Å². The molecule has 1 heterocycles. The fraction of sp³-hybridized carbons (Fsp3) is 0.583. The molecule has 0 spiro atoms. The Balaban J connectivity index is 2.59. The third kappa shape index (κ3) is 4.11. The number of hydrogen-bond acceptors (Lipinski definition) is 4. The SMILES string of the molecule is CCC(COC)NCc1cc(C(=O)O)sc1C. The summed E-state index contributed by atoms with van der Waals surface area (Å²) in [4.78, 5) is 12.3. The summed E-state index contributed by atoms with van der Waals surface area (Å²) in [6, 6.07) is 2.06. The Kier molecular flexibility index (Phi) is 5.61. The normalized spacial score (nSPS) is 12.6. The van der Waals surface area contributed by atoms with Crippen LogP contribution in [0.4, 0.5) is 0 Å². The fourth-order valence-electron chi connectivity index (χ4n) is 1.58. The predicted octanol–water partition coefficient (Wildman–Crippen LogP) is 2.27. The molecule has 0 aliphatic heterocycles. The Morgan fingerprint density at radius 3 is 2.82 bits per heavy atom. The Labute approximate surface area is 106 Å². The van der Waals surface area contributed by atoms with E-state index in [0.29, 0.717) is 24.1 Å². The summed E-state index contributed by atoms with van der Waals surface area (Å²) in [7, 11) is 1.68. The monoisotopic (exact) mass is 257 g/mol. The lowest BCUT2D eigenvalue weighted by Crippen LogP contribution is -2.32. The Bertz CT molecular complexity index is 376. The first-order valence-corrected chi connectivity index (χ1v) is 6.45. The molecule has 1 atom stereocenters. The van der Waals surface area contributed by atoms with Crippen molar-refractivity contribution in [3.8, 4) is 0 Å². The van der Waals surface area contributed by atoms with E-state index in [1.54, 1.807) is 13.2 Å². The molecule has 17 heavy (non-hydrogen) atoms. The van der Waals surface area contributed by atoms with Crippen molar-refractivity contribution in [3.05, 3.63) is 21.4 Å². The van der Waals surface area contributed by atoms with Crippen LogP contribution in [0.2, 0.25) is 0 Å². The highest BCUT2D eigenvalue weighted by atomic mass is 32.1. The molecule has 1 unspecified atom stereocenters. The van der Waals surface area contributed by atoms with Crippen LogP contribution in [-0.4, -0.2) is 30.8 Å². The minimum atomic E-state index is -0.853. The predicted molar refractivity (Wildman–Crippen MR) is 68.8 cm³/mol. The van der Waals surface area contributed by atoms with Gasteiger partial charge in [-0.1, -0.05) is 6.92 Å². The zero-order chi connectivity index (χ0) is 12.8. The number of aryl methyl sites for hydroxylation is 1. The van der Waals surface area contributed by atoms with E-state index in [9.17, 15) is 4.79 Å². The first kappa shape index (κ1) is 14.2. The number of thiophene rings is 1. The molecule has 0 aliphatic rings. The molecule has 2 N–H and O–H groups in total. The zero-order valence-electron chi connectivity index (χ0n) is 10.4. The number of rotatable bonds is 7. The van der Waals surface area contributed by atoms with Crippen molar-refractivity contribution in [2.45, 2.75) is 32.9 Å². The van der Waals surface area contributed by atoms with Gasteiger partial charge in [0.25, 0.3) is 0 Å². The number of methoxy groups -OCH3 is 1. The molecule has 0 fully saturated rings. The maximum atomic E-state index is 10.8. The molecular formula is C12H19NO3S. The standard InChI is InChI=1S/C12H19NO3S/c1-4-10(7-16-3)13-6-9-5-11(12(14)15)17-8(9)2/h5,10,13H,4,6-7H2,1-3H3,(H,14,15). The molecule has 0 saturated carbocycles. The van der Waals surface area contributed by atoms with E-state index in [1.165, 1.54) is 11.3 Å². The zero-order valence-corrected chi connectivity index (χ0v) is 11.3. The minimum Gasteiger partial charge on any atom is -0.477 e. The second kappa shape index (κ2) is 6.74. The molecule has 0 saturated heterocycles. The summed E-state index contributed by atoms with van der Waals surface area (Å²) in [6.07, 6.45) is 0.989. The van der Waals surface area contributed by atoms with Crippen molar-refractivity contribution in [2.24, 2.45) is 0 Å². The molecule has 1 aromatic heterocycles. The lowest BCUT2D eigenvalue weighted by Gasteiger charge is -2.15. The highest BCUT2D eigenvalue weighted by Gasteiger charge is 2.12. The average Bonchev–Trinajstić information content (AvgIpc) is 2.66. The second-order valence-corrected chi connectivity index (χ2v) is 5.19. The van der Waals surface area contributed by atoms with Crippen molar-refractivity contribution in [1.82, 2.24) is 5.32 Å². The molecule has 4 nitrogen and oxygen atoms in total. The average molecular weight is 257 g/mol. The lowest BCUT2D eigenvalue weighted by molar-refractivity contribution is 0.0702. The van der Waals surface area contributed by atoms with Crippen LogP contribution in [0.25, 0.3) is 0 Å². The van der Waals surface area contributed by atoms with Gasteiger partial charge in [-0.15, -0.1) is 11.3 Å². The van der Waals surface area contributed by atoms with Gasteiger partial charge in [0.05, 0.1) is 6.61 Å². The van der Waals surface area contributed by atoms with Crippen LogP contribution in [0.1, 0.15) is 33.5 Å². The minimum absolute atomic E-state index is 0.313. The van der Waals surface area contributed by atoms with Crippen molar-refractivity contribution in [1.29, 1.82) is 0 Å². The molecular weight excluding hydrogens is 238 g/mol. The fourth-order valence-corrected chi connectivity index (χ4v) is 2.46. The highest BCUT2D eigenvalue weighted by molar-refractivity contribution is 7.14. The summed E-state index contributed by atoms with van der Waals surface area (Å²) in [5.41, 5.74) is 1.06. The lowest BCUT2D eigenvalue weighted by atomic mass is 10.2. The van der Waals surface area contributed by atoms with Crippen LogP contribution in [0.3, 0.4) is 0 Å². The van der Waals surface area contributed by atoms with Crippen LogP contribution < -0.4 is 5.32 Å². The van der Waals surface area contributed by atoms with Gasteiger partial charge in [0.2, 0.25) is 0 Å². The van der Waals surface area contributed by atoms with Crippen LogP contribution in [-0.2, 0) is 11.3 Å². The molecule has 96 valence electrons. The first-order valence-electron chi connectivity index (χ1n) is 5.63. The molecule has 0 bridgehead atoms. The molecule has 0 radical (unpaired) electrons. The summed E-state index contributed by atoms with van der Waals surface area (Å²) >= 11 is 1.32. The quantitative estimate of drug-likeness (QED) is 0.786. The summed E-state index contributed by atoms with van der Waals surface area (Å²) < 4.78 is 5.10. The van der Waals surface area contributed by atoms with Crippen molar-refractivity contribution < 1.29 is 14.6 Å². The van der Waals surface area contributed by atoms with Gasteiger partial charge in [-0.3, -0.25) is 0 Å². The van der Waals surface area contributed by atoms with Crippen LogP contribution in [0.15, 0.2) is 6.07 Å². The van der Waals surface area contributed by atoms with Crippen molar-refractivity contribution in [3.63, 3.8) is 0 Å². The molecule has 0 aromatic carbocycles. The number of ether oxygens (including phenoxy) is 1. The summed E-state index contributed by atoms with van der Waals surface area (Å²) in [6.45, 7) is 5.41. The van der Waals surface area contributed by atoms with Gasteiger partial charge >= 0.3 is 5.97 Å². The van der Waals surface area contributed by atoms with E-state index in [0.717, 1.165) is 16.9 Å². The van der Waals surface area contributed by atoms with E-state index in [4.69, 9.17) is 9.84 Å². The number of hydrogen-bond donors (Lipinski definition) is 2. The molecule has 1 aromatic rings. The highest BCUT2D eigenvalue weighted by Crippen LogP contribution is 2.21. The van der Waals surface area contributed by atoms with Gasteiger partial charge < -0.3 is 15.2 Å². The van der Waals surface area contributed by atoms with Crippen LogP contribution >= 0.6 is 11.3 Å². The number of carbonyl (C=O) groups is 1. The van der Waals surface area contributed by atoms with Crippen LogP contribution in [0, 0.1) is 6.92 Å². The maximum absolute atomic E-state index is 10.8. The first-order chi connectivity index (χ1) is 8.08. The van der Waals surface area contributed by atoms with E-state index in [2.05, 4.69) is 12.2 Å². The van der Waals surface area contributed by atoms with Gasteiger partial charge in [0.15, 0.2) is 0 Å². The number of nitrogens with one attached hydrogen (secondary N) is 1. The Morgan fingerprint density at radius 2 is 2.35 bits per heavy atom. The summed E-state index contributed by atoms with van der Waals surface area (Å²) in [5, 5.41) is 12.3. The smallest absolute Gasteiger partial charge is 0.345 e. The largest absolute Gasteiger partial charge is 0.477 e. The molecule has 1 rings (SSSR count). The second-order valence-electron chi connectivity index (χ2n) is 3.94. The Hall–Kier alpha value is -0.910. The van der Waals surface area contributed by atoms with E-state index >= 15 is 0 Å². The van der Waals surface area contributed by atoms with Gasteiger partial charge in [-0.2, -0.15) is 0 Å². The van der Waals surface area contributed by atoms with Crippen LogP contribution in [0.5, 0.6) is 0 Å². The van der Waals surface area contributed by atoms with E-state index < -0.39 is 5.97 Å². The number of carboxylic acids is 1. The number of aromatic carboxylic acids is 1. The molecule has 0 aliphatic carbocycles. The van der Waals surface area contributed by atoms with Gasteiger partial charge in [-0.25, -0.2) is 4.79 Å². The Morgan fingerprint density at radius 1 is 1.65 bits per heavy atom. The third-order valence-electron chi connectivity index (χ3n) is 2.67. The van der Waals surface area contributed by atoms with Gasteiger partial charge in [0.1, 0.15) is 4.88 Å². The molecule has 5 heteroatoms. The van der Waals surface area contributed by atoms with Crippen molar-refractivity contribution in [2.75, 3.05) is 13.7 Å². The third-order valence-corrected chi connectivity index (χ3v) is 3.75. The maximum Gasteiger partial charge on any atom is 0.345 e. The topological polar surface area (TPSA) is 58.6 Å². The van der Waals surface area contributed by atoms with Gasteiger partial charge in [-0.05, 0) is 25.0 Å². The summed E-state index contributed by atoms with van der Waals surface area (Å²) in [5.74, 6) is -0.853. The van der Waals surface area contributed by atoms with Gasteiger partial charge in [0, 0.05) is 24.6 Å². The number of carboxylic acid groups (broad SMARTS) is 1. The van der Waals surface area contributed by atoms with Crippen molar-refractivity contribution >= 4 is 17.3 Å². The molecule has 0 amide bonds. The van der Waals surface area contributed by atoms with E-state index in [-0.39, 0.29) is 0 Å².